The van der Waals surface area contributed by atoms with Gasteiger partial charge in [-0.15, -0.1) is 0 Å². The Morgan fingerprint density at radius 3 is 3.20 bits per heavy atom. The summed E-state index contributed by atoms with van der Waals surface area (Å²) in [5.74, 6) is 0. The summed E-state index contributed by atoms with van der Waals surface area (Å²) in [7, 11) is 0. The number of nitrogens with zero attached hydrogens (tertiary/aromatic N) is 2. The molecule has 1 aromatic carbocycles. The normalized spacial score (nSPS) is 19.4. The van der Waals surface area contributed by atoms with Gasteiger partial charge in [0, 0.05) is 36.4 Å². The third kappa shape index (κ3) is 2.51. The quantitative estimate of drug-likeness (QED) is 0.922. The van der Waals surface area contributed by atoms with Crippen molar-refractivity contribution in [1.82, 2.24) is 9.88 Å². The molecule has 0 spiro atoms. The zero-order valence-corrected chi connectivity index (χ0v) is 11.6. The number of hydrogen-bond acceptors (Lipinski definition) is 4. The molecule has 1 saturated heterocycles. The average Bonchev–Trinajstić information content (AvgIpc) is 2.90. The van der Waals surface area contributed by atoms with Crippen LogP contribution in [-0.2, 0) is 4.79 Å². The molecular weight excluding hydrogens is 250 g/mol. The van der Waals surface area contributed by atoms with E-state index in [4.69, 9.17) is 0 Å². The van der Waals surface area contributed by atoms with Crippen LogP contribution in [0.25, 0.3) is 10.9 Å². The van der Waals surface area contributed by atoms with Gasteiger partial charge in [0.2, 0.25) is 6.29 Å². The molecule has 2 heterocycles. The fraction of sp³-hybridized carbons (Fsp3) is 0.375. The Hall–Kier alpha value is -1.94. The third-order valence-electron chi connectivity index (χ3n) is 3.89. The summed E-state index contributed by atoms with van der Waals surface area (Å²) in [5.41, 5.74) is 3.36. The van der Waals surface area contributed by atoms with E-state index < -0.39 is 0 Å². The van der Waals surface area contributed by atoms with Crippen LogP contribution in [0.2, 0.25) is 0 Å². The molecule has 20 heavy (non-hydrogen) atoms. The summed E-state index contributed by atoms with van der Waals surface area (Å²) >= 11 is 0. The molecule has 4 nitrogen and oxygen atoms in total. The highest BCUT2D eigenvalue weighted by Crippen LogP contribution is 2.26. The average molecular weight is 268 g/mol. The van der Waals surface area contributed by atoms with E-state index in [-0.39, 0.29) is 0 Å². The second kappa shape index (κ2) is 5.59. The summed E-state index contributed by atoms with van der Waals surface area (Å²) in [6.07, 6.45) is 4.85. The smallest absolute Gasteiger partial charge is 0.213 e. The van der Waals surface area contributed by atoms with Gasteiger partial charge in [-0.25, -0.2) is 0 Å². The number of nitrogens with one attached hydrogen (secondary N) is 1. The Bertz CT molecular complexity index is 626. The van der Waals surface area contributed by atoms with Gasteiger partial charge >= 0.3 is 0 Å². The summed E-state index contributed by atoms with van der Waals surface area (Å²) in [6, 6.07) is 8.67. The number of benzene rings is 1. The zero-order valence-electron chi connectivity index (χ0n) is 11.6. The first-order valence-corrected chi connectivity index (χ1v) is 6.96. The number of rotatable bonds is 4. The molecule has 1 fully saturated rings. The number of pyridine rings is 1. The van der Waals surface area contributed by atoms with E-state index in [0.717, 1.165) is 36.1 Å². The Morgan fingerprint density at radius 2 is 2.35 bits per heavy atom. The molecule has 1 radical (unpaired) electrons. The summed E-state index contributed by atoms with van der Waals surface area (Å²) in [4.78, 5) is 17.0. The van der Waals surface area contributed by atoms with Gasteiger partial charge in [-0.2, -0.15) is 0 Å². The maximum atomic E-state index is 10.4. The van der Waals surface area contributed by atoms with Crippen LogP contribution >= 0.6 is 0 Å². The minimum atomic E-state index is 0.384. The van der Waals surface area contributed by atoms with Crippen molar-refractivity contribution in [3.05, 3.63) is 36.0 Å². The fourth-order valence-electron chi connectivity index (χ4n) is 2.85. The molecule has 1 N–H and O–H groups in total. The topological polar surface area (TPSA) is 45.2 Å². The van der Waals surface area contributed by atoms with Gasteiger partial charge in [-0.1, -0.05) is 6.07 Å². The zero-order chi connectivity index (χ0) is 13.9. The SMILES string of the molecule is Cc1ccc(N[C@@H]2CCN(C[C]=O)C2)c2cccnc12. The van der Waals surface area contributed by atoms with Crippen LogP contribution in [0.1, 0.15) is 12.0 Å². The molecule has 1 aliphatic rings. The predicted octanol–water partition coefficient (Wildman–Crippen LogP) is 2.14. The number of fused-ring (bicyclic) bond motifs is 1. The Kier molecular flexibility index (Phi) is 3.65. The highest BCUT2D eigenvalue weighted by Gasteiger charge is 2.22. The van der Waals surface area contributed by atoms with Crippen LogP contribution in [0.5, 0.6) is 0 Å². The monoisotopic (exact) mass is 268 g/mol. The van der Waals surface area contributed by atoms with Gasteiger partial charge in [0.15, 0.2) is 0 Å². The maximum Gasteiger partial charge on any atom is 0.213 e. The Morgan fingerprint density at radius 1 is 1.45 bits per heavy atom. The number of aromatic nitrogens is 1. The van der Waals surface area contributed by atoms with Crippen molar-refractivity contribution in [2.24, 2.45) is 0 Å². The first-order valence-electron chi connectivity index (χ1n) is 6.96. The van der Waals surface area contributed by atoms with Crippen LogP contribution in [-0.4, -0.2) is 41.8 Å². The fourth-order valence-corrected chi connectivity index (χ4v) is 2.85. The summed E-state index contributed by atoms with van der Waals surface area (Å²) in [5, 5.41) is 4.75. The van der Waals surface area contributed by atoms with Crippen molar-refractivity contribution in [3.63, 3.8) is 0 Å². The van der Waals surface area contributed by atoms with E-state index in [0.29, 0.717) is 12.6 Å². The first kappa shape index (κ1) is 13.1. The van der Waals surface area contributed by atoms with Gasteiger partial charge in [-0.3, -0.25) is 14.7 Å². The van der Waals surface area contributed by atoms with Crippen molar-refractivity contribution in [1.29, 1.82) is 0 Å². The number of aryl methyl sites for hydroxylation is 1. The van der Waals surface area contributed by atoms with E-state index in [9.17, 15) is 4.79 Å². The lowest BCUT2D eigenvalue weighted by Gasteiger charge is -2.17. The van der Waals surface area contributed by atoms with Crippen molar-refractivity contribution in [3.8, 4) is 0 Å². The molecule has 0 bridgehead atoms. The van der Waals surface area contributed by atoms with Crippen LogP contribution < -0.4 is 5.32 Å². The second-order valence-electron chi connectivity index (χ2n) is 5.34. The molecule has 4 heteroatoms. The lowest BCUT2D eigenvalue weighted by atomic mass is 10.1. The van der Waals surface area contributed by atoms with Crippen LogP contribution in [0.3, 0.4) is 0 Å². The number of carbonyl (C=O) groups excluding carboxylic acids is 1. The molecule has 1 atom stereocenters. The van der Waals surface area contributed by atoms with Crippen LogP contribution in [0.15, 0.2) is 30.5 Å². The van der Waals surface area contributed by atoms with Gasteiger partial charge in [0.25, 0.3) is 0 Å². The van der Waals surface area contributed by atoms with E-state index in [1.165, 1.54) is 5.56 Å². The highest BCUT2D eigenvalue weighted by molar-refractivity contribution is 5.93. The second-order valence-corrected chi connectivity index (χ2v) is 5.34. The molecular formula is C16H18N3O. The van der Waals surface area contributed by atoms with Crippen molar-refractivity contribution in [2.75, 3.05) is 25.0 Å². The predicted molar refractivity (Wildman–Crippen MR) is 80.6 cm³/mol. The van der Waals surface area contributed by atoms with Gasteiger partial charge in [0.1, 0.15) is 0 Å². The van der Waals surface area contributed by atoms with Crippen molar-refractivity contribution >= 4 is 22.9 Å². The number of anilines is 1. The standard InChI is InChI=1S/C16H18N3O/c1-12-4-5-15(14-3-2-7-17-16(12)14)18-13-6-8-19(11-13)9-10-20/h2-5,7,13,18H,6,8-9,11H2,1H3/t13-/m1/s1. The van der Waals surface area contributed by atoms with Gasteiger partial charge < -0.3 is 5.32 Å². The van der Waals surface area contributed by atoms with Crippen molar-refractivity contribution in [2.45, 2.75) is 19.4 Å². The molecule has 1 aromatic heterocycles. The van der Waals surface area contributed by atoms with Gasteiger partial charge in [-0.05, 0) is 37.1 Å². The minimum Gasteiger partial charge on any atom is -0.380 e. The van der Waals surface area contributed by atoms with Crippen LogP contribution in [0.4, 0.5) is 5.69 Å². The molecule has 0 unspecified atom stereocenters. The molecule has 0 aliphatic carbocycles. The molecule has 0 saturated carbocycles. The lowest BCUT2D eigenvalue weighted by Crippen LogP contribution is -2.27. The molecule has 103 valence electrons. The largest absolute Gasteiger partial charge is 0.380 e. The molecule has 2 aromatic rings. The number of hydrogen-bond donors (Lipinski definition) is 1. The highest BCUT2D eigenvalue weighted by atomic mass is 16.1. The summed E-state index contributed by atoms with van der Waals surface area (Å²) < 4.78 is 0. The summed E-state index contributed by atoms with van der Waals surface area (Å²) in [6.45, 7) is 4.34. The first-order chi connectivity index (χ1) is 9.78. The maximum absolute atomic E-state index is 10.4. The Balaban J connectivity index is 1.82. The van der Waals surface area contributed by atoms with E-state index in [2.05, 4.69) is 40.3 Å². The minimum absolute atomic E-state index is 0.384. The molecule has 3 rings (SSSR count). The Labute approximate surface area is 118 Å². The van der Waals surface area contributed by atoms with Gasteiger partial charge in [0.05, 0.1) is 12.1 Å². The van der Waals surface area contributed by atoms with Crippen molar-refractivity contribution < 1.29 is 4.79 Å². The van der Waals surface area contributed by atoms with Crippen LogP contribution in [0, 0.1) is 6.92 Å². The number of likely N-dealkylation sites (tertiary alicyclic amines) is 1. The van der Waals surface area contributed by atoms with E-state index >= 15 is 0 Å². The third-order valence-corrected chi connectivity index (χ3v) is 3.89. The molecule has 1 aliphatic heterocycles. The van der Waals surface area contributed by atoms with E-state index in [1.807, 2.05) is 18.5 Å². The van der Waals surface area contributed by atoms with E-state index in [1.54, 1.807) is 0 Å². The molecule has 0 amide bonds. The lowest BCUT2D eigenvalue weighted by molar-refractivity contribution is 0.375.